The first-order chi connectivity index (χ1) is 15.3. The van der Waals surface area contributed by atoms with Crippen LogP contribution in [0.3, 0.4) is 0 Å². The number of ether oxygens (including phenoxy) is 2. The molecule has 0 spiro atoms. The Bertz CT molecular complexity index is 1110. The summed E-state index contributed by atoms with van der Waals surface area (Å²) >= 11 is 0. The van der Waals surface area contributed by atoms with E-state index in [1.165, 1.54) is 4.90 Å². The van der Waals surface area contributed by atoms with Gasteiger partial charge >= 0.3 is 5.97 Å². The van der Waals surface area contributed by atoms with Crippen LogP contribution in [0.1, 0.15) is 37.8 Å². The van der Waals surface area contributed by atoms with E-state index in [1.807, 2.05) is 32.9 Å². The first-order valence-electron chi connectivity index (χ1n) is 10.7. The molecular formula is C25H26N2O5. The zero-order valence-corrected chi connectivity index (χ0v) is 18.6. The highest BCUT2D eigenvalue weighted by atomic mass is 16.6. The fraction of sp³-hybridized carbons (Fsp3) is 0.360. The van der Waals surface area contributed by atoms with Crippen molar-refractivity contribution in [2.45, 2.75) is 39.3 Å². The van der Waals surface area contributed by atoms with E-state index in [0.29, 0.717) is 23.4 Å². The lowest BCUT2D eigenvalue weighted by atomic mass is 9.87. The van der Waals surface area contributed by atoms with Crippen LogP contribution in [-0.4, -0.2) is 30.6 Å². The number of imide groups is 1. The number of nitrogens with zero attached hydrogens (tertiary/aromatic N) is 2. The molecule has 2 aliphatic rings. The molecule has 0 radical (unpaired) electrons. The maximum absolute atomic E-state index is 13.6. The molecule has 32 heavy (non-hydrogen) atoms. The van der Waals surface area contributed by atoms with Gasteiger partial charge in [-0.15, -0.1) is 0 Å². The molecule has 2 unspecified atom stereocenters. The molecule has 4 rings (SSSR count). The van der Waals surface area contributed by atoms with Crippen molar-refractivity contribution >= 4 is 29.2 Å². The van der Waals surface area contributed by atoms with Crippen LogP contribution in [0.15, 0.2) is 53.5 Å². The number of benzene rings is 2. The minimum absolute atomic E-state index is 0.106. The molecule has 166 valence electrons. The smallest absolute Gasteiger partial charge is 0.354 e. The highest BCUT2D eigenvalue weighted by Gasteiger charge is 2.58. The van der Waals surface area contributed by atoms with E-state index in [4.69, 9.17) is 9.47 Å². The summed E-state index contributed by atoms with van der Waals surface area (Å²) in [6.07, 6.45) is 0.317. The van der Waals surface area contributed by atoms with Crippen LogP contribution in [-0.2, 0) is 24.8 Å². The topological polar surface area (TPSA) is 85.3 Å². The lowest BCUT2D eigenvalue weighted by molar-refractivity contribution is -0.156. The van der Waals surface area contributed by atoms with E-state index in [-0.39, 0.29) is 24.0 Å². The molecule has 0 N–H and O–H groups in total. The number of carbonyl (C=O) groups excluding carboxylic acids is 3. The summed E-state index contributed by atoms with van der Waals surface area (Å²) in [5.41, 5.74) is 0.567. The second-order valence-corrected chi connectivity index (χ2v) is 8.58. The van der Waals surface area contributed by atoms with Crippen molar-refractivity contribution in [2.75, 3.05) is 12.0 Å². The van der Waals surface area contributed by atoms with Gasteiger partial charge in [-0.05, 0) is 55.2 Å². The van der Waals surface area contributed by atoms with Gasteiger partial charge in [0.15, 0.2) is 0 Å². The molecule has 0 saturated carbocycles. The van der Waals surface area contributed by atoms with Crippen LogP contribution in [0.2, 0.25) is 0 Å². The Hall–Kier alpha value is -3.48. The monoisotopic (exact) mass is 434 g/mol. The van der Waals surface area contributed by atoms with E-state index in [0.717, 1.165) is 5.56 Å². The number of anilines is 1. The Balaban J connectivity index is 1.82. The molecule has 7 nitrogen and oxygen atoms in total. The summed E-state index contributed by atoms with van der Waals surface area (Å²) in [7, 11) is 1.55. The molecule has 2 amide bonds. The van der Waals surface area contributed by atoms with Crippen molar-refractivity contribution in [3.63, 3.8) is 0 Å². The van der Waals surface area contributed by atoms with Crippen molar-refractivity contribution < 1.29 is 23.9 Å². The van der Waals surface area contributed by atoms with Crippen LogP contribution < -0.4 is 9.64 Å². The minimum atomic E-state index is -1.59. The number of amides is 2. The van der Waals surface area contributed by atoms with Gasteiger partial charge in [0.25, 0.3) is 0 Å². The maximum Gasteiger partial charge on any atom is 0.354 e. The molecule has 7 heteroatoms. The summed E-state index contributed by atoms with van der Waals surface area (Å²) in [6, 6.07) is 14.1. The molecule has 0 aliphatic carbocycles. The van der Waals surface area contributed by atoms with Gasteiger partial charge in [-0.25, -0.2) is 14.7 Å². The van der Waals surface area contributed by atoms with Crippen molar-refractivity contribution in [2.24, 2.45) is 16.8 Å². The van der Waals surface area contributed by atoms with Gasteiger partial charge in [0.05, 0.1) is 12.8 Å². The van der Waals surface area contributed by atoms with Crippen molar-refractivity contribution in [3.8, 4) is 5.75 Å². The third-order valence-corrected chi connectivity index (χ3v) is 5.87. The maximum atomic E-state index is 13.6. The quantitative estimate of drug-likeness (QED) is 0.510. The van der Waals surface area contributed by atoms with E-state index in [9.17, 15) is 14.4 Å². The standard InChI is InChI=1S/C25H26N2O5/c1-15(2)13-20-24(30)32-25(26-20,17-9-11-18(31-4)12-10-17)19-14-22(28)27(23(19)29)21-8-6-5-7-16(21)3/h5-12,15,19H,13-14H2,1-4H3. The van der Waals surface area contributed by atoms with Crippen LogP contribution in [0, 0.1) is 18.8 Å². The average molecular weight is 434 g/mol. The molecule has 2 atom stereocenters. The number of hydrogen-bond acceptors (Lipinski definition) is 6. The van der Waals surface area contributed by atoms with Gasteiger partial charge in [-0.2, -0.15) is 0 Å². The molecule has 2 aromatic carbocycles. The number of hydrogen-bond donors (Lipinski definition) is 0. The molecule has 1 fully saturated rings. The van der Waals surface area contributed by atoms with Crippen molar-refractivity contribution in [3.05, 3.63) is 59.7 Å². The predicted octanol–water partition coefficient (Wildman–Crippen LogP) is 3.78. The molecule has 1 saturated heterocycles. The molecule has 2 aromatic rings. The number of aryl methyl sites for hydroxylation is 1. The van der Waals surface area contributed by atoms with Crippen molar-refractivity contribution in [1.82, 2.24) is 0 Å². The van der Waals surface area contributed by atoms with Crippen molar-refractivity contribution in [1.29, 1.82) is 0 Å². The molecular weight excluding hydrogens is 408 g/mol. The van der Waals surface area contributed by atoms with E-state index in [2.05, 4.69) is 4.99 Å². The Kier molecular flexibility index (Phi) is 5.59. The SMILES string of the molecule is COc1ccc(C2(C3CC(=O)N(c4ccccc4C)C3=O)N=C(CC(C)C)C(=O)O2)cc1. The molecule has 2 aliphatic heterocycles. The number of rotatable bonds is 6. The van der Waals surface area contributed by atoms with Crippen LogP contribution in [0.5, 0.6) is 5.75 Å². The summed E-state index contributed by atoms with van der Waals surface area (Å²) in [5, 5.41) is 0. The number of carbonyl (C=O) groups is 3. The lowest BCUT2D eigenvalue weighted by Crippen LogP contribution is -2.40. The van der Waals surface area contributed by atoms with E-state index in [1.54, 1.807) is 43.5 Å². The number of esters is 1. The molecule has 2 heterocycles. The third kappa shape index (κ3) is 3.57. The number of methoxy groups -OCH3 is 1. The highest BCUT2D eigenvalue weighted by Crippen LogP contribution is 2.46. The second kappa shape index (κ2) is 8.22. The first kappa shape index (κ1) is 21.7. The fourth-order valence-corrected chi connectivity index (χ4v) is 4.29. The average Bonchev–Trinajstić information content (AvgIpc) is 3.25. The van der Waals surface area contributed by atoms with Gasteiger partial charge < -0.3 is 9.47 Å². The lowest BCUT2D eigenvalue weighted by Gasteiger charge is -2.30. The minimum Gasteiger partial charge on any atom is -0.497 e. The van der Waals surface area contributed by atoms with Crippen LogP contribution >= 0.6 is 0 Å². The summed E-state index contributed by atoms with van der Waals surface area (Å²) in [4.78, 5) is 45.3. The number of cyclic esters (lactones) is 1. The van der Waals surface area contributed by atoms with E-state index < -0.39 is 23.5 Å². The third-order valence-electron chi connectivity index (χ3n) is 5.87. The first-order valence-corrected chi connectivity index (χ1v) is 10.7. The van der Waals surface area contributed by atoms with E-state index >= 15 is 0 Å². The molecule has 0 bridgehead atoms. The number of aliphatic imine (C=N–C) groups is 1. The van der Waals surface area contributed by atoms with Gasteiger partial charge in [-0.3, -0.25) is 9.59 Å². The second-order valence-electron chi connectivity index (χ2n) is 8.58. The largest absolute Gasteiger partial charge is 0.497 e. The van der Waals surface area contributed by atoms with Gasteiger partial charge in [0, 0.05) is 12.0 Å². The Morgan fingerprint density at radius 2 is 1.81 bits per heavy atom. The highest BCUT2D eigenvalue weighted by molar-refractivity contribution is 6.38. The Labute approximate surface area is 187 Å². The number of para-hydroxylation sites is 1. The predicted molar refractivity (Wildman–Crippen MR) is 119 cm³/mol. The molecule has 0 aromatic heterocycles. The zero-order chi connectivity index (χ0) is 23.0. The van der Waals surface area contributed by atoms with Gasteiger partial charge in [0.1, 0.15) is 17.4 Å². The summed E-state index contributed by atoms with van der Waals surface area (Å²) in [6.45, 7) is 5.80. The summed E-state index contributed by atoms with van der Waals surface area (Å²) in [5.74, 6) is -1.48. The van der Waals surface area contributed by atoms with Gasteiger partial charge in [0.2, 0.25) is 17.5 Å². The zero-order valence-electron chi connectivity index (χ0n) is 18.6. The fourth-order valence-electron chi connectivity index (χ4n) is 4.29. The van der Waals surface area contributed by atoms with Crippen LogP contribution in [0.4, 0.5) is 5.69 Å². The summed E-state index contributed by atoms with van der Waals surface area (Å²) < 4.78 is 11.1. The normalized spacial score (nSPS) is 23.0. The Morgan fingerprint density at radius 3 is 2.44 bits per heavy atom. The Morgan fingerprint density at radius 1 is 1.12 bits per heavy atom. The van der Waals surface area contributed by atoms with Crippen LogP contribution in [0.25, 0.3) is 0 Å². The van der Waals surface area contributed by atoms with Gasteiger partial charge in [-0.1, -0.05) is 32.0 Å².